The standard InChI is InChI=1S/C16H14N2O/c19-16(15-7-3-4-9-17-15)8-10-18-11-13-5-1-2-6-14(13)12-18/h1-10H,11-12H2. The summed E-state index contributed by atoms with van der Waals surface area (Å²) < 4.78 is 0. The number of aromatic nitrogens is 1. The summed E-state index contributed by atoms with van der Waals surface area (Å²) >= 11 is 0. The Labute approximate surface area is 112 Å². The van der Waals surface area contributed by atoms with Gasteiger partial charge in [-0.05, 0) is 23.3 Å². The van der Waals surface area contributed by atoms with Gasteiger partial charge in [0.2, 0.25) is 5.78 Å². The molecule has 1 aliphatic heterocycles. The number of fused-ring (bicyclic) bond motifs is 1. The van der Waals surface area contributed by atoms with Crippen LogP contribution in [0.1, 0.15) is 21.6 Å². The highest BCUT2D eigenvalue weighted by Gasteiger charge is 2.15. The first-order valence-electron chi connectivity index (χ1n) is 6.27. The molecule has 0 spiro atoms. The van der Waals surface area contributed by atoms with Crippen molar-refractivity contribution in [3.05, 3.63) is 77.8 Å². The third kappa shape index (κ3) is 2.55. The number of nitrogens with zero attached hydrogens (tertiary/aromatic N) is 2. The van der Waals surface area contributed by atoms with Crippen molar-refractivity contribution in [1.82, 2.24) is 9.88 Å². The van der Waals surface area contributed by atoms with Gasteiger partial charge in [0.25, 0.3) is 0 Å². The van der Waals surface area contributed by atoms with Crippen molar-refractivity contribution in [1.29, 1.82) is 0 Å². The fourth-order valence-electron chi connectivity index (χ4n) is 2.23. The van der Waals surface area contributed by atoms with E-state index in [0.29, 0.717) is 5.69 Å². The SMILES string of the molecule is O=C(C=CN1Cc2ccccc2C1)c1ccccn1. The molecule has 3 nitrogen and oxygen atoms in total. The van der Waals surface area contributed by atoms with Gasteiger partial charge in [0.15, 0.2) is 0 Å². The second kappa shape index (κ2) is 5.06. The van der Waals surface area contributed by atoms with Crippen LogP contribution in [0, 0.1) is 0 Å². The summed E-state index contributed by atoms with van der Waals surface area (Å²) in [5.41, 5.74) is 3.14. The highest BCUT2D eigenvalue weighted by Crippen LogP contribution is 2.22. The lowest BCUT2D eigenvalue weighted by molar-refractivity contribution is 0.104. The molecule has 0 unspecified atom stereocenters. The summed E-state index contributed by atoms with van der Waals surface area (Å²) in [6, 6.07) is 13.7. The Hall–Kier alpha value is -2.42. The van der Waals surface area contributed by atoms with Crippen molar-refractivity contribution in [2.45, 2.75) is 13.1 Å². The first-order chi connectivity index (χ1) is 9.33. The van der Waals surface area contributed by atoms with Gasteiger partial charge in [-0.25, -0.2) is 0 Å². The topological polar surface area (TPSA) is 33.2 Å². The van der Waals surface area contributed by atoms with Crippen LogP contribution < -0.4 is 0 Å². The zero-order valence-corrected chi connectivity index (χ0v) is 10.5. The number of carbonyl (C=O) groups excluding carboxylic acids is 1. The minimum absolute atomic E-state index is 0.0587. The maximum absolute atomic E-state index is 11.9. The van der Waals surface area contributed by atoms with E-state index in [4.69, 9.17) is 0 Å². The summed E-state index contributed by atoms with van der Waals surface area (Å²) in [6.07, 6.45) is 5.08. The zero-order valence-electron chi connectivity index (χ0n) is 10.5. The zero-order chi connectivity index (χ0) is 13.1. The van der Waals surface area contributed by atoms with E-state index in [2.05, 4.69) is 22.0 Å². The van der Waals surface area contributed by atoms with Crippen LogP contribution in [0.5, 0.6) is 0 Å². The van der Waals surface area contributed by atoms with Gasteiger partial charge in [0.1, 0.15) is 5.69 Å². The lowest BCUT2D eigenvalue weighted by atomic mass is 10.1. The predicted octanol–water partition coefficient (Wildman–Crippen LogP) is 2.79. The Bertz CT molecular complexity index is 595. The number of rotatable bonds is 3. The van der Waals surface area contributed by atoms with Crippen LogP contribution in [0.15, 0.2) is 60.9 Å². The molecule has 0 atom stereocenters. The minimum atomic E-state index is -0.0587. The second-order valence-corrected chi connectivity index (χ2v) is 4.57. The first kappa shape index (κ1) is 11.7. The molecule has 2 heterocycles. The number of carbonyl (C=O) groups is 1. The highest BCUT2D eigenvalue weighted by atomic mass is 16.1. The molecule has 0 saturated carbocycles. The van der Waals surface area contributed by atoms with Gasteiger partial charge in [-0.3, -0.25) is 9.78 Å². The largest absolute Gasteiger partial charge is 0.369 e. The quantitative estimate of drug-likeness (QED) is 0.620. The molecule has 2 aromatic rings. The maximum atomic E-state index is 11.9. The van der Waals surface area contributed by atoms with Crippen LogP contribution in [-0.2, 0) is 13.1 Å². The third-order valence-electron chi connectivity index (χ3n) is 3.22. The van der Waals surface area contributed by atoms with Crippen molar-refractivity contribution >= 4 is 5.78 Å². The fraction of sp³-hybridized carbons (Fsp3) is 0.125. The van der Waals surface area contributed by atoms with E-state index >= 15 is 0 Å². The Kier molecular flexibility index (Phi) is 3.11. The van der Waals surface area contributed by atoms with E-state index in [-0.39, 0.29) is 5.78 Å². The van der Waals surface area contributed by atoms with E-state index in [9.17, 15) is 4.79 Å². The summed E-state index contributed by atoms with van der Waals surface area (Å²) in [5.74, 6) is -0.0587. The number of ketones is 1. The number of hydrogen-bond acceptors (Lipinski definition) is 3. The van der Waals surface area contributed by atoms with Crippen molar-refractivity contribution in [2.24, 2.45) is 0 Å². The van der Waals surface area contributed by atoms with Gasteiger partial charge in [0, 0.05) is 31.6 Å². The normalized spacial score (nSPS) is 13.8. The number of benzene rings is 1. The molecule has 0 saturated heterocycles. The van der Waals surface area contributed by atoms with Gasteiger partial charge in [-0.1, -0.05) is 30.3 Å². The molecule has 1 aliphatic rings. The molecule has 0 bridgehead atoms. The van der Waals surface area contributed by atoms with Crippen molar-refractivity contribution in [2.75, 3.05) is 0 Å². The van der Waals surface area contributed by atoms with Gasteiger partial charge >= 0.3 is 0 Å². The average Bonchev–Trinajstić information content (AvgIpc) is 2.88. The van der Waals surface area contributed by atoms with Crippen LogP contribution in [0.3, 0.4) is 0 Å². The van der Waals surface area contributed by atoms with Crippen molar-refractivity contribution < 1.29 is 4.79 Å². The molecular formula is C16H14N2O. The maximum Gasteiger partial charge on any atom is 0.205 e. The van der Waals surface area contributed by atoms with Crippen LogP contribution in [0.4, 0.5) is 0 Å². The van der Waals surface area contributed by atoms with Crippen LogP contribution >= 0.6 is 0 Å². The first-order valence-corrected chi connectivity index (χ1v) is 6.27. The Morgan fingerprint density at radius 3 is 2.37 bits per heavy atom. The number of pyridine rings is 1. The van der Waals surface area contributed by atoms with Gasteiger partial charge < -0.3 is 4.90 Å². The van der Waals surface area contributed by atoms with Gasteiger partial charge in [0.05, 0.1) is 0 Å². The highest BCUT2D eigenvalue weighted by molar-refractivity contribution is 6.02. The van der Waals surface area contributed by atoms with Crippen LogP contribution in [-0.4, -0.2) is 15.7 Å². The minimum Gasteiger partial charge on any atom is -0.369 e. The summed E-state index contributed by atoms with van der Waals surface area (Å²) in [4.78, 5) is 18.1. The summed E-state index contributed by atoms with van der Waals surface area (Å²) in [5, 5.41) is 0. The van der Waals surface area contributed by atoms with Gasteiger partial charge in [-0.15, -0.1) is 0 Å². The lowest BCUT2D eigenvalue weighted by Crippen LogP contribution is -2.08. The van der Waals surface area contributed by atoms with E-state index in [1.807, 2.05) is 24.4 Å². The molecule has 0 radical (unpaired) electrons. The molecular weight excluding hydrogens is 236 g/mol. The van der Waals surface area contributed by atoms with Crippen molar-refractivity contribution in [3.63, 3.8) is 0 Å². The molecule has 3 rings (SSSR count). The van der Waals surface area contributed by atoms with E-state index in [1.54, 1.807) is 24.4 Å². The fourth-order valence-corrected chi connectivity index (χ4v) is 2.23. The molecule has 1 aromatic carbocycles. The van der Waals surface area contributed by atoms with Crippen LogP contribution in [0.2, 0.25) is 0 Å². The Morgan fingerprint density at radius 1 is 1.05 bits per heavy atom. The number of allylic oxidation sites excluding steroid dienone is 1. The number of hydrogen-bond donors (Lipinski definition) is 0. The smallest absolute Gasteiger partial charge is 0.205 e. The van der Waals surface area contributed by atoms with Crippen LogP contribution in [0.25, 0.3) is 0 Å². The molecule has 0 aliphatic carbocycles. The Morgan fingerprint density at radius 2 is 1.74 bits per heavy atom. The molecule has 19 heavy (non-hydrogen) atoms. The lowest BCUT2D eigenvalue weighted by Gasteiger charge is -2.10. The summed E-state index contributed by atoms with van der Waals surface area (Å²) in [6.45, 7) is 1.73. The van der Waals surface area contributed by atoms with E-state index < -0.39 is 0 Å². The van der Waals surface area contributed by atoms with E-state index in [0.717, 1.165) is 13.1 Å². The molecule has 94 valence electrons. The third-order valence-corrected chi connectivity index (χ3v) is 3.22. The summed E-state index contributed by atoms with van der Waals surface area (Å²) in [7, 11) is 0. The second-order valence-electron chi connectivity index (χ2n) is 4.57. The Balaban J connectivity index is 1.68. The predicted molar refractivity (Wildman–Crippen MR) is 73.4 cm³/mol. The molecule has 3 heteroatoms. The monoisotopic (exact) mass is 250 g/mol. The van der Waals surface area contributed by atoms with Crippen molar-refractivity contribution in [3.8, 4) is 0 Å². The van der Waals surface area contributed by atoms with E-state index in [1.165, 1.54) is 11.1 Å². The average molecular weight is 250 g/mol. The van der Waals surface area contributed by atoms with Gasteiger partial charge in [-0.2, -0.15) is 0 Å². The molecule has 0 N–H and O–H groups in total. The molecule has 0 fully saturated rings. The molecule has 1 aromatic heterocycles. The molecule has 0 amide bonds.